The third kappa shape index (κ3) is 3.62. The number of thioether (sulfide) groups is 1. The molecule has 1 nitrogen and oxygen atoms in total. The van der Waals surface area contributed by atoms with Crippen molar-refractivity contribution in [2.75, 3.05) is 0 Å². The maximum absolute atomic E-state index is 12.4. The lowest BCUT2D eigenvalue weighted by atomic mass is 10.2. The maximum Gasteiger partial charge on any atom is 0.417 e. The third-order valence-electron chi connectivity index (χ3n) is 1.45. The Morgan fingerprint density at radius 2 is 2.00 bits per heavy atom. The van der Waals surface area contributed by atoms with E-state index < -0.39 is 21.2 Å². The van der Waals surface area contributed by atoms with Crippen LogP contribution < -0.4 is 0 Å². The average molecular weight is 273 g/mol. The van der Waals surface area contributed by atoms with Crippen molar-refractivity contribution >= 4 is 40.4 Å². The first-order valence-corrected chi connectivity index (χ1v) is 5.22. The number of carbonyl (C=O) groups excluding carboxylic acids is 1. The number of halogens is 4. The smallest absolute Gasteiger partial charge is 0.274 e. The number of hydrogen-bond donors (Lipinski definition) is 1. The van der Waals surface area contributed by atoms with E-state index in [9.17, 15) is 18.0 Å². The average Bonchev–Trinajstić information content (AvgIpc) is 2.05. The van der Waals surface area contributed by atoms with Gasteiger partial charge in [-0.3, -0.25) is 4.79 Å². The molecular weight excluding hydrogens is 269 g/mol. The molecule has 0 fully saturated rings. The van der Waals surface area contributed by atoms with Crippen LogP contribution >= 0.6 is 36.0 Å². The lowest BCUT2D eigenvalue weighted by molar-refractivity contribution is -0.137. The zero-order valence-electron chi connectivity index (χ0n) is 7.01. The second kappa shape index (κ2) is 4.67. The van der Waals surface area contributed by atoms with E-state index in [1.807, 2.05) is 0 Å². The Bertz CT molecular complexity index is 392. The van der Waals surface area contributed by atoms with Gasteiger partial charge in [-0.1, -0.05) is 24.2 Å². The predicted molar refractivity (Wildman–Crippen MR) is 56.7 cm³/mol. The monoisotopic (exact) mass is 272 g/mol. The van der Waals surface area contributed by atoms with Crippen molar-refractivity contribution < 1.29 is 18.0 Å². The lowest BCUT2D eigenvalue weighted by Crippen LogP contribution is -2.05. The van der Waals surface area contributed by atoms with Gasteiger partial charge in [-0.15, -0.1) is 0 Å². The first-order chi connectivity index (χ1) is 6.80. The quantitative estimate of drug-likeness (QED) is 0.599. The standard InChI is InChI=1S/C8H4ClF3OS2/c9-6-2-1-4(15-7(13)14)3-5(6)8(10,11)12/h1-3H,(H,13,14). The second-order valence-corrected chi connectivity index (χ2v) is 4.67. The summed E-state index contributed by atoms with van der Waals surface area (Å²) >= 11 is 9.44. The topological polar surface area (TPSA) is 17.1 Å². The highest BCUT2D eigenvalue weighted by Gasteiger charge is 2.33. The van der Waals surface area contributed by atoms with Crippen LogP contribution in [-0.2, 0) is 6.18 Å². The van der Waals surface area contributed by atoms with E-state index in [1.165, 1.54) is 6.07 Å². The zero-order chi connectivity index (χ0) is 11.6. The van der Waals surface area contributed by atoms with Crippen LogP contribution in [0.5, 0.6) is 0 Å². The van der Waals surface area contributed by atoms with Gasteiger partial charge in [0.25, 0.3) is 0 Å². The molecule has 0 saturated carbocycles. The minimum Gasteiger partial charge on any atom is -0.274 e. The van der Waals surface area contributed by atoms with Gasteiger partial charge in [0, 0.05) is 4.90 Å². The van der Waals surface area contributed by atoms with Gasteiger partial charge in [-0.25, -0.2) is 0 Å². The molecule has 1 aromatic carbocycles. The van der Waals surface area contributed by atoms with Crippen molar-refractivity contribution in [2.45, 2.75) is 11.1 Å². The highest BCUT2D eigenvalue weighted by atomic mass is 35.5. The van der Waals surface area contributed by atoms with Crippen LogP contribution in [0.15, 0.2) is 23.1 Å². The summed E-state index contributed by atoms with van der Waals surface area (Å²) in [5.41, 5.74) is -0.955. The summed E-state index contributed by atoms with van der Waals surface area (Å²) in [5, 5.41) is -0.390. The van der Waals surface area contributed by atoms with Gasteiger partial charge in [0.05, 0.1) is 10.6 Å². The van der Waals surface area contributed by atoms with Gasteiger partial charge in [-0.2, -0.15) is 13.2 Å². The maximum atomic E-state index is 12.4. The fraction of sp³-hybridized carbons (Fsp3) is 0.125. The fourth-order valence-electron chi connectivity index (χ4n) is 0.886. The molecule has 1 aromatic rings. The molecule has 0 spiro atoms. The van der Waals surface area contributed by atoms with Gasteiger partial charge in [-0.05, 0) is 30.0 Å². The molecule has 0 aliphatic carbocycles. The molecule has 7 heteroatoms. The molecule has 0 saturated heterocycles. The summed E-state index contributed by atoms with van der Waals surface area (Å²) in [4.78, 5) is 10.7. The number of benzene rings is 1. The Hall–Kier alpha value is -0.330. The van der Waals surface area contributed by atoms with Crippen LogP contribution in [-0.4, -0.2) is 4.45 Å². The van der Waals surface area contributed by atoms with Gasteiger partial charge in [0.2, 0.25) is 4.45 Å². The molecule has 0 amide bonds. The molecule has 0 heterocycles. The molecule has 0 N–H and O–H groups in total. The minimum atomic E-state index is -4.52. The van der Waals surface area contributed by atoms with Gasteiger partial charge in [0.1, 0.15) is 0 Å². The molecule has 0 aliphatic rings. The Morgan fingerprint density at radius 1 is 1.40 bits per heavy atom. The van der Waals surface area contributed by atoms with Crippen LogP contribution in [0.25, 0.3) is 0 Å². The summed E-state index contributed by atoms with van der Waals surface area (Å²) < 4.78 is 36.5. The number of alkyl halides is 3. The summed E-state index contributed by atoms with van der Waals surface area (Å²) in [6, 6.07) is 3.25. The molecule has 0 aromatic heterocycles. The van der Waals surface area contributed by atoms with Crippen LogP contribution in [0.2, 0.25) is 5.02 Å². The summed E-state index contributed by atoms with van der Waals surface area (Å²) in [7, 11) is 0. The number of rotatable bonds is 1. The van der Waals surface area contributed by atoms with E-state index in [0.29, 0.717) is 11.8 Å². The Kier molecular flexibility index (Phi) is 3.97. The highest BCUT2D eigenvalue weighted by Crippen LogP contribution is 2.37. The Labute approximate surface area is 98.4 Å². The predicted octanol–water partition coefficient (Wildman–Crippen LogP) is 4.50. The molecule has 0 atom stereocenters. The lowest BCUT2D eigenvalue weighted by Gasteiger charge is -2.09. The molecule has 0 bridgehead atoms. The molecule has 1 rings (SSSR count). The first kappa shape index (κ1) is 12.7. The van der Waals surface area contributed by atoms with Crippen LogP contribution in [0.1, 0.15) is 5.56 Å². The van der Waals surface area contributed by atoms with E-state index in [2.05, 4.69) is 12.6 Å². The minimum absolute atomic E-state index is 0.159. The second-order valence-electron chi connectivity index (χ2n) is 2.51. The van der Waals surface area contributed by atoms with Gasteiger partial charge >= 0.3 is 6.18 Å². The van der Waals surface area contributed by atoms with Crippen molar-refractivity contribution in [3.8, 4) is 0 Å². The van der Waals surface area contributed by atoms with Gasteiger partial charge < -0.3 is 0 Å². The summed E-state index contributed by atoms with van der Waals surface area (Å²) in [5.74, 6) is 0. The largest absolute Gasteiger partial charge is 0.417 e. The highest BCUT2D eigenvalue weighted by molar-refractivity contribution is 8.32. The van der Waals surface area contributed by atoms with Crippen molar-refractivity contribution in [1.82, 2.24) is 0 Å². The summed E-state index contributed by atoms with van der Waals surface area (Å²) in [6.45, 7) is 0. The summed E-state index contributed by atoms with van der Waals surface area (Å²) in [6.07, 6.45) is -4.52. The van der Waals surface area contributed by atoms with Crippen LogP contribution in [0, 0.1) is 0 Å². The number of thiol groups is 1. The molecule has 15 heavy (non-hydrogen) atoms. The molecule has 0 radical (unpaired) electrons. The van der Waals surface area contributed by atoms with Crippen molar-refractivity contribution in [2.24, 2.45) is 0 Å². The Balaban J connectivity index is 3.11. The van der Waals surface area contributed by atoms with Crippen molar-refractivity contribution in [3.63, 3.8) is 0 Å². The van der Waals surface area contributed by atoms with Crippen LogP contribution in [0.3, 0.4) is 0 Å². The van der Waals surface area contributed by atoms with E-state index in [-0.39, 0.29) is 4.90 Å². The molecular formula is C8H4ClF3OS2. The van der Waals surface area contributed by atoms with Gasteiger partial charge in [0.15, 0.2) is 0 Å². The normalized spacial score (nSPS) is 11.5. The van der Waals surface area contributed by atoms with Crippen molar-refractivity contribution in [1.29, 1.82) is 0 Å². The molecule has 0 unspecified atom stereocenters. The zero-order valence-corrected chi connectivity index (χ0v) is 9.47. The SMILES string of the molecule is O=C(S)Sc1ccc(Cl)c(C(F)(F)F)c1. The number of hydrogen-bond acceptors (Lipinski definition) is 2. The van der Waals surface area contributed by atoms with E-state index in [4.69, 9.17) is 11.6 Å². The van der Waals surface area contributed by atoms with Crippen LogP contribution in [0.4, 0.5) is 18.0 Å². The van der Waals surface area contributed by atoms with E-state index >= 15 is 0 Å². The fourth-order valence-corrected chi connectivity index (χ4v) is 1.94. The Morgan fingerprint density at radius 3 is 2.47 bits per heavy atom. The molecule has 0 aliphatic heterocycles. The third-order valence-corrected chi connectivity index (χ3v) is 2.72. The van der Waals surface area contributed by atoms with E-state index in [1.54, 1.807) is 0 Å². The number of carbonyl (C=O) groups is 1. The molecule has 82 valence electrons. The van der Waals surface area contributed by atoms with E-state index in [0.717, 1.165) is 12.1 Å². The first-order valence-electron chi connectivity index (χ1n) is 3.58. The van der Waals surface area contributed by atoms with Crippen molar-refractivity contribution in [3.05, 3.63) is 28.8 Å².